The number of rotatable bonds is 6. The van der Waals surface area contributed by atoms with Gasteiger partial charge in [0.05, 0.1) is 11.9 Å². The summed E-state index contributed by atoms with van der Waals surface area (Å²) < 4.78 is 11.5. The Labute approximate surface area is 99.1 Å². The van der Waals surface area contributed by atoms with Gasteiger partial charge in [-0.05, 0) is 17.5 Å². The molecule has 0 aliphatic heterocycles. The van der Waals surface area contributed by atoms with Crippen molar-refractivity contribution in [3.05, 3.63) is 35.4 Å². The quantitative estimate of drug-likeness (QED) is 0.790. The predicted molar refractivity (Wildman–Crippen MR) is 67.5 cm³/mol. The second-order valence-electron chi connectivity index (χ2n) is 3.77. The van der Waals surface area contributed by atoms with Crippen LogP contribution < -0.4 is 5.73 Å². The van der Waals surface area contributed by atoms with Gasteiger partial charge in [0.2, 0.25) is 0 Å². The first-order valence-electron chi connectivity index (χ1n) is 5.49. The van der Waals surface area contributed by atoms with E-state index in [1.54, 1.807) is 0 Å². The standard InChI is InChI=1S/C12H19NO2S/c1-2-7-16(15)9-12(14)11-5-3-10(8-13)4-6-11/h3-6,12,14H,2,7-9,13H2,1H3. The molecule has 2 atom stereocenters. The number of aliphatic hydroxyl groups excluding tert-OH is 1. The molecule has 1 aromatic carbocycles. The van der Waals surface area contributed by atoms with Crippen molar-refractivity contribution in [2.24, 2.45) is 5.73 Å². The van der Waals surface area contributed by atoms with E-state index in [9.17, 15) is 9.32 Å². The van der Waals surface area contributed by atoms with Crippen LogP contribution in [0.1, 0.15) is 30.6 Å². The van der Waals surface area contributed by atoms with Gasteiger partial charge < -0.3 is 10.8 Å². The lowest BCUT2D eigenvalue weighted by Gasteiger charge is -2.10. The van der Waals surface area contributed by atoms with Crippen LogP contribution in [0.15, 0.2) is 24.3 Å². The van der Waals surface area contributed by atoms with Gasteiger partial charge in [0.25, 0.3) is 0 Å². The molecule has 0 spiro atoms. The minimum absolute atomic E-state index is 0.315. The van der Waals surface area contributed by atoms with Crippen molar-refractivity contribution in [2.45, 2.75) is 26.0 Å². The summed E-state index contributed by atoms with van der Waals surface area (Å²) in [5.41, 5.74) is 7.33. The molecule has 2 unspecified atom stereocenters. The summed E-state index contributed by atoms with van der Waals surface area (Å²) in [6.07, 6.45) is 0.241. The molecule has 0 aliphatic rings. The first-order chi connectivity index (χ1) is 7.67. The van der Waals surface area contributed by atoms with Gasteiger partial charge >= 0.3 is 0 Å². The molecule has 0 saturated heterocycles. The van der Waals surface area contributed by atoms with Crippen molar-refractivity contribution >= 4 is 10.8 Å². The van der Waals surface area contributed by atoms with Gasteiger partial charge in [-0.1, -0.05) is 31.2 Å². The normalized spacial score (nSPS) is 14.7. The molecular weight excluding hydrogens is 222 g/mol. The maximum Gasteiger partial charge on any atom is 0.0905 e. The zero-order chi connectivity index (χ0) is 12.0. The average Bonchev–Trinajstić information content (AvgIpc) is 2.29. The third-order valence-corrected chi connectivity index (χ3v) is 3.93. The van der Waals surface area contributed by atoms with E-state index < -0.39 is 16.9 Å². The van der Waals surface area contributed by atoms with E-state index in [-0.39, 0.29) is 0 Å². The third-order valence-electron chi connectivity index (χ3n) is 2.38. The molecule has 0 amide bonds. The fraction of sp³-hybridized carbons (Fsp3) is 0.500. The molecule has 0 radical (unpaired) electrons. The number of benzene rings is 1. The van der Waals surface area contributed by atoms with Gasteiger partial charge in [-0.2, -0.15) is 0 Å². The molecule has 16 heavy (non-hydrogen) atoms. The van der Waals surface area contributed by atoms with Crippen molar-refractivity contribution in [3.8, 4) is 0 Å². The van der Waals surface area contributed by atoms with E-state index in [1.165, 1.54) is 0 Å². The summed E-state index contributed by atoms with van der Waals surface area (Å²) in [5, 5.41) is 9.86. The number of aliphatic hydroxyl groups is 1. The molecule has 1 rings (SSSR count). The Morgan fingerprint density at radius 1 is 1.38 bits per heavy atom. The molecule has 90 valence electrons. The molecule has 4 heteroatoms. The van der Waals surface area contributed by atoms with Crippen molar-refractivity contribution in [2.75, 3.05) is 11.5 Å². The Hall–Kier alpha value is -0.710. The topological polar surface area (TPSA) is 63.3 Å². The van der Waals surface area contributed by atoms with Crippen LogP contribution in [0.3, 0.4) is 0 Å². The van der Waals surface area contributed by atoms with E-state index >= 15 is 0 Å². The van der Waals surface area contributed by atoms with Crippen LogP contribution in [0.25, 0.3) is 0 Å². The lowest BCUT2D eigenvalue weighted by atomic mass is 10.1. The van der Waals surface area contributed by atoms with Crippen LogP contribution >= 0.6 is 0 Å². The average molecular weight is 241 g/mol. The van der Waals surface area contributed by atoms with Gasteiger partial charge in [-0.15, -0.1) is 0 Å². The maximum atomic E-state index is 11.5. The summed E-state index contributed by atoms with van der Waals surface area (Å²) in [5.74, 6) is 0.966. The monoisotopic (exact) mass is 241 g/mol. The number of hydrogen-bond acceptors (Lipinski definition) is 3. The lowest BCUT2D eigenvalue weighted by Crippen LogP contribution is -2.11. The molecule has 0 bridgehead atoms. The Morgan fingerprint density at radius 3 is 2.50 bits per heavy atom. The maximum absolute atomic E-state index is 11.5. The highest BCUT2D eigenvalue weighted by molar-refractivity contribution is 7.85. The molecule has 3 N–H and O–H groups in total. The van der Waals surface area contributed by atoms with Crippen LogP contribution in [0.2, 0.25) is 0 Å². The van der Waals surface area contributed by atoms with Gasteiger partial charge in [0, 0.05) is 23.1 Å². The molecule has 0 saturated carbocycles. The van der Waals surface area contributed by atoms with E-state index in [1.807, 2.05) is 31.2 Å². The minimum Gasteiger partial charge on any atom is -0.387 e. The van der Waals surface area contributed by atoms with Crippen molar-refractivity contribution in [1.29, 1.82) is 0 Å². The molecule has 1 aromatic rings. The fourth-order valence-electron chi connectivity index (χ4n) is 1.46. The molecule has 0 heterocycles. The van der Waals surface area contributed by atoms with Crippen LogP contribution in [0.5, 0.6) is 0 Å². The third kappa shape index (κ3) is 4.04. The van der Waals surface area contributed by atoms with E-state index in [0.29, 0.717) is 18.1 Å². The van der Waals surface area contributed by atoms with E-state index in [4.69, 9.17) is 5.73 Å². The zero-order valence-electron chi connectivity index (χ0n) is 9.56. The molecule has 0 fully saturated rings. The second-order valence-corrected chi connectivity index (χ2v) is 5.39. The zero-order valence-corrected chi connectivity index (χ0v) is 10.4. The number of hydrogen-bond donors (Lipinski definition) is 2. The molecule has 3 nitrogen and oxygen atoms in total. The van der Waals surface area contributed by atoms with Crippen LogP contribution in [-0.4, -0.2) is 20.8 Å². The Kier molecular flexibility index (Phi) is 5.66. The van der Waals surface area contributed by atoms with Gasteiger partial charge in [0.15, 0.2) is 0 Å². The van der Waals surface area contributed by atoms with E-state index in [0.717, 1.165) is 17.5 Å². The van der Waals surface area contributed by atoms with Gasteiger partial charge in [-0.25, -0.2) is 0 Å². The smallest absolute Gasteiger partial charge is 0.0905 e. The summed E-state index contributed by atoms with van der Waals surface area (Å²) in [7, 11) is -0.932. The molecule has 0 aromatic heterocycles. The summed E-state index contributed by atoms with van der Waals surface area (Å²) in [6, 6.07) is 7.47. The SMILES string of the molecule is CCCS(=O)CC(O)c1ccc(CN)cc1. The Morgan fingerprint density at radius 2 is 2.00 bits per heavy atom. The van der Waals surface area contributed by atoms with Crippen molar-refractivity contribution in [3.63, 3.8) is 0 Å². The summed E-state index contributed by atoms with van der Waals surface area (Å²) >= 11 is 0. The molecule has 0 aliphatic carbocycles. The highest BCUT2D eigenvalue weighted by atomic mass is 32.2. The van der Waals surface area contributed by atoms with Crippen molar-refractivity contribution < 1.29 is 9.32 Å². The summed E-state index contributed by atoms with van der Waals surface area (Å²) in [6.45, 7) is 2.48. The first kappa shape index (κ1) is 13.4. The van der Waals surface area contributed by atoms with Crippen LogP contribution in [-0.2, 0) is 17.3 Å². The largest absolute Gasteiger partial charge is 0.387 e. The van der Waals surface area contributed by atoms with Crippen molar-refractivity contribution in [1.82, 2.24) is 0 Å². The highest BCUT2D eigenvalue weighted by Gasteiger charge is 2.11. The summed E-state index contributed by atoms with van der Waals surface area (Å²) in [4.78, 5) is 0. The molecular formula is C12H19NO2S. The second kappa shape index (κ2) is 6.78. The Balaban J connectivity index is 2.58. The minimum atomic E-state index is -0.932. The predicted octanol–water partition coefficient (Wildman–Crippen LogP) is 1.34. The first-order valence-corrected chi connectivity index (χ1v) is 6.98. The van der Waals surface area contributed by atoms with E-state index in [2.05, 4.69) is 0 Å². The highest BCUT2D eigenvalue weighted by Crippen LogP contribution is 2.15. The van der Waals surface area contributed by atoms with Crippen LogP contribution in [0, 0.1) is 0 Å². The van der Waals surface area contributed by atoms with Gasteiger partial charge in [-0.3, -0.25) is 4.21 Å². The van der Waals surface area contributed by atoms with Gasteiger partial charge in [0.1, 0.15) is 0 Å². The van der Waals surface area contributed by atoms with Crippen LogP contribution in [0.4, 0.5) is 0 Å². The lowest BCUT2D eigenvalue weighted by molar-refractivity contribution is 0.203. The number of nitrogens with two attached hydrogens (primary N) is 1. The fourth-order valence-corrected chi connectivity index (χ4v) is 2.63. The Bertz CT molecular complexity index is 337.